The first kappa shape index (κ1) is 17.8. The summed E-state index contributed by atoms with van der Waals surface area (Å²) in [4.78, 5) is 0. The van der Waals surface area contributed by atoms with E-state index in [0.29, 0.717) is 0 Å². The van der Waals surface area contributed by atoms with Gasteiger partial charge in [0.2, 0.25) is 0 Å². The molecule has 0 saturated carbocycles. The Balaban J connectivity index is 2.62. The maximum atomic E-state index is 5.99. The standard InChI is InChI=1S/C19H31NO/c1-15(14-20-19(5,6)7)21-17-10-8-9-16(13-17)11-12-18(2,3)4/h8-13,15,20H,14H2,1-7H3/b12-11+/t15-/m0/s1. The van der Waals surface area contributed by atoms with Crippen LogP contribution in [0.25, 0.3) is 6.08 Å². The van der Waals surface area contributed by atoms with E-state index in [2.05, 4.69) is 78.1 Å². The minimum atomic E-state index is 0.120. The second-order valence-electron chi connectivity index (χ2n) is 7.83. The molecule has 1 atom stereocenters. The first-order chi connectivity index (χ1) is 9.55. The molecule has 1 N–H and O–H groups in total. The molecule has 1 rings (SSSR count). The van der Waals surface area contributed by atoms with E-state index in [1.165, 1.54) is 5.56 Å². The Morgan fingerprint density at radius 2 is 1.81 bits per heavy atom. The van der Waals surface area contributed by atoms with E-state index in [1.54, 1.807) is 0 Å². The highest BCUT2D eigenvalue weighted by atomic mass is 16.5. The number of benzene rings is 1. The van der Waals surface area contributed by atoms with Gasteiger partial charge in [0.05, 0.1) is 0 Å². The molecular weight excluding hydrogens is 258 g/mol. The van der Waals surface area contributed by atoms with Gasteiger partial charge in [-0.2, -0.15) is 0 Å². The van der Waals surface area contributed by atoms with Crippen molar-refractivity contribution in [3.63, 3.8) is 0 Å². The highest BCUT2D eigenvalue weighted by Crippen LogP contribution is 2.20. The van der Waals surface area contributed by atoms with E-state index in [9.17, 15) is 0 Å². The molecule has 1 aromatic carbocycles. The topological polar surface area (TPSA) is 21.3 Å². The Hall–Kier alpha value is -1.28. The quantitative estimate of drug-likeness (QED) is 0.832. The van der Waals surface area contributed by atoms with Crippen molar-refractivity contribution in [1.82, 2.24) is 5.32 Å². The molecule has 0 aromatic heterocycles. The molecule has 1 aromatic rings. The van der Waals surface area contributed by atoms with Crippen LogP contribution in [0.2, 0.25) is 0 Å². The van der Waals surface area contributed by atoms with Crippen LogP contribution in [0.3, 0.4) is 0 Å². The fourth-order valence-electron chi connectivity index (χ4n) is 1.76. The van der Waals surface area contributed by atoms with Crippen molar-refractivity contribution < 1.29 is 4.74 Å². The summed E-state index contributed by atoms with van der Waals surface area (Å²) in [5, 5.41) is 3.46. The smallest absolute Gasteiger partial charge is 0.120 e. The summed E-state index contributed by atoms with van der Waals surface area (Å²) in [6, 6.07) is 8.26. The molecule has 0 amide bonds. The van der Waals surface area contributed by atoms with Gasteiger partial charge in [-0.05, 0) is 50.8 Å². The Morgan fingerprint density at radius 3 is 2.38 bits per heavy atom. The lowest BCUT2D eigenvalue weighted by molar-refractivity contribution is 0.203. The van der Waals surface area contributed by atoms with Gasteiger partial charge in [-0.3, -0.25) is 0 Å². The van der Waals surface area contributed by atoms with E-state index in [1.807, 2.05) is 12.1 Å². The van der Waals surface area contributed by atoms with Gasteiger partial charge in [-0.25, -0.2) is 0 Å². The molecule has 0 aliphatic rings. The van der Waals surface area contributed by atoms with Crippen molar-refractivity contribution in [2.24, 2.45) is 5.41 Å². The highest BCUT2D eigenvalue weighted by Gasteiger charge is 2.12. The molecule has 0 fully saturated rings. The number of ether oxygens (including phenoxy) is 1. The zero-order chi connectivity index (χ0) is 16.1. The van der Waals surface area contributed by atoms with Crippen LogP contribution in [0, 0.1) is 5.41 Å². The Labute approximate surface area is 130 Å². The first-order valence-corrected chi connectivity index (χ1v) is 7.76. The van der Waals surface area contributed by atoms with Gasteiger partial charge < -0.3 is 10.1 Å². The normalized spacial score (nSPS) is 14.4. The van der Waals surface area contributed by atoms with E-state index in [4.69, 9.17) is 4.74 Å². The zero-order valence-electron chi connectivity index (χ0n) is 14.7. The van der Waals surface area contributed by atoms with E-state index in [0.717, 1.165) is 12.3 Å². The molecule has 0 bridgehead atoms. The molecule has 2 nitrogen and oxygen atoms in total. The predicted molar refractivity (Wildman–Crippen MR) is 92.8 cm³/mol. The predicted octanol–water partition coefficient (Wildman–Crippen LogP) is 4.90. The molecular formula is C19H31NO. The van der Waals surface area contributed by atoms with Crippen LogP contribution >= 0.6 is 0 Å². The molecule has 0 aliphatic carbocycles. The van der Waals surface area contributed by atoms with Crippen molar-refractivity contribution in [2.45, 2.75) is 60.1 Å². The third-order valence-corrected chi connectivity index (χ3v) is 2.89. The van der Waals surface area contributed by atoms with E-state index >= 15 is 0 Å². The molecule has 0 aliphatic heterocycles. The Kier molecular flexibility index (Phi) is 6.03. The fraction of sp³-hybridized carbons (Fsp3) is 0.579. The molecule has 0 radical (unpaired) electrons. The summed E-state index contributed by atoms with van der Waals surface area (Å²) < 4.78 is 5.99. The molecule has 118 valence electrons. The van der Waals surface area contributed by atoms with Crippen molar-refractivity contribution in [1.29, 1.82) is 0 Å². The van der Waals surface area contributed by atoms with Crippen LogP contribution in [-0.2, 0) is 0 Å². The van der Waals surface area contributed by atoms with Gasteiger partial charge in [0.1, 0.15) is 11.9 Å². The second-order valence-corrected chi connectivity index (χ2v) is 7.83. The lowest BCUT2D eigenvalue weighted by Crippen LogP contribution is -2.41. The van der Waals surface area contributed by atoms with Crippen molar-refractivity contribution in [3.05, 3.63) is 35.9 Å². The van der Waals surface area contributed by atoms with Gasteiger partial charge in [-0.1, -0.05) is 45.1 Å². The van der Waals surface area contributed by atoms with E-state index < -0.39 is 0 Å². The van der Waals surface area contributed by atoms with Crippen molar-refractivity contribution in [2.75, 3.05) is 6.54 Å². The molecule has 2 heteroatoms. The molecule has 0 heterocycles. The van der Waals surface area contributed by atoms with Crippen LogP contribution in [0.1, 0.15) is 54.0 Å². The lowest BCUT2D eigenvalue weighted by atomic mass is 9.95. The highest BCUT2D eigenvalue weighted by molar-refractivity contribution is 5.52. The minimum Gasteiger partial charge on any atom is -0.489 e. The van der Waals surface area contributed by atoms with Gasteiger partial charge in [-0.15, -0.1) is 0 Å². The fourth-order valence-corrected chi connectivity index (χ4v) is 1.76. The maximum absolute atomic E-state index is 5.99. The van der Waals surface area contributed by atoms with Crippen LogP contribution < -0.4 is 10.1 Å². The summed E-state index contributed by atoms with van der Waals surface area (Å²) in [7, 11) is 0. The number of hydrogen-bond donors (Lipinski definition) is 1. The van der Waals surface area contributed by atoms with Gasteiger partial charge in [0.15, 0.2) is 0 Å². The summed E-state index contributed by atoms with van der Waals surface area (Å²) >= 11 is 0. The monoisotopic (exact) mass is 289 g/mol. The average Bonchev–Trinajstić information content (AvgIpc) is 2.33. The summed E-state index contributed by atoms with van der Waals surface area (Å²) in [5.74, 6) is 0.925. The van der Waals surface area contributed by atoms with Gasteiger partial charge in [0, 0.05) is 12.1 Å². The van der Waals surface area contributed by atoms with Gasteiger partial charge in [0.25, 0.3) is 0 Å². The maximum Gasteiger partial charge on any atom is 0.120 e. The number of nitrogens with one attached hydrogen (secondary N) is 1. The Morgan fingerprint density at radius 1 is 1.14 bits per heavy atom. The summed E-state index contributed by atoms with van der Waals surface area (Å²) in [6.07, 6.45) is 4.52. The largest absolute Gasteiger partial charge is 0.489 e. The third kappa shape index (κ3) is 8.56. The third-order valence-electron chi connectivity index (χ3n) is 2.89. The SMILES string of the molecule is C[C@@H](CNC(C)(C)C)Oc1cccc(/C=C/C(C)(C)C)c1. The minimum absolute atomic E-state index is 0.120. The number of hydrogen-bond acceptors (Lipinski definition) is 2. The first-order valence-electron chi connectivity index (χ1n) is 7.76. The lowest BCUT2D eigenvalue weighted by Gasteiger charge is -2.24. The zero-order valence-corrected chi connectivity index (χ0v) is 14.7. The van der Waals surface area contributed by atoms with Crippen LogP contribution in [-0.4, -0.2) is 18.2 Å². The van der Waals surface area contributed by atoms with Crippen LogP contribution in [0.4, 0.5) is 0 Å². The summed E-state index contributed by atoms with van der Waals surface area (Å²) in [5.41, 5.74) is 1.49. The summed E-state index contributed by atoms with van der Waals surface area (Å²) in [6.45, 7) is 16.0. The van der Waals surface area contributed by atoms with Gasteiger partial charge >= 0.3 is 0 Å². The van der Waals surface area contributed by atoms with Crippen LogP contribution in [0.15, 0.2) is 30.3 Å². The number of allylic oxidation sites excluding steroid dienone is 1. The van der Waals surface area contributed by atoms with Crippen molar-refractivity contribution >= 4 is 6.08 Å². The van der Waals surface area contributed by atoms with Crippen LogP contribution in [0.5, 0.6) is 5.75 Å². The molecule has 0 unspecified atom stereocenters. The molecule has 21 heavy (non-hydrogen) atoms. The van der Waals surface area contributed by atoms with E-state index in [-0.39, 0.29) is 17.1 Å². The molecule has 0 saturated heterocycles. The Bertz CT molecular complexity index is 463. The second kappa shape index (κ2) is 7.13. The van der Waals surface area contributed by atoms with Crippen molar-refractivity contribution in [3.8, 4) is 5.75 Å². The average molecular weight is 289 g/mol. The molecule has 0 spiro atoms. The number of rotatable bonds is 5.